The quantitative estimate of drug-likeness (QED) is 0.401. The first-order chi connectivity index (χ1) is 6.76. The maximum atomic E-state index is 8.31. The molecule has 0 amide bonds. The van der Waals surface area contributed by atoms with Crippen molar-refractivity contribution < 1.29 is 4.74 Å². The lowest BCUT2D eigenvalue weighted by molar-refractivity contribution is 0.282. The van der Waals surface area contributed by atoms with Crippen LogP contribution in [0.15, 0.2) is 29.4 Å². The minimum Gasteiger partial charge on any atom is -0.492 e. The molecule has 0 aliphatic carbocycles. The summed E-state index contributed by atoms with van der Waals surface area (Å²) in [6.45, 7) is 3.08. The summed E-state index contributed by atoms with van der Waals surface area (Å²) in [6, 6.07) is 7.88. The summed E-state index contributed by atoms with van der Waals surface area (Å²) in [5, 5.41) is 3.62. The first kappa shape index (κ1) is 8.91. The summed E-state index contributed by atoms with van der Waals surface area (Å²) in [7, 11) is 0. The van der Waals surface area contributed by atoms with Gasteiger partial charge in [0.2, 0.25) is 0 Å². The Kier molecular flexibility index (Phi) is 2.06. The van der Waals surface area contributed by atoms with Gasteiger partial charge >= 0.3 is 0 Å². The van der Waals surface area contributed by atoms with E-state index >= 15 is 0 Å². The van der Waals surface area contributed by atoms with E-state index in [4.69, 9.17) is 10.3 Å². The standard InChI is InChI=1S/C10H11N3O/c1-10(6-12-13-11)7-14-9-5-3-2-4-8(9)10/h2-5H,6-7H2,1H3. The highest BCUT2D eigenvalue weighted by Gasteiger charge is 2.35. The zero-order chi connectivity index (χ0) is 10.0. The molecule has 4 nitrogen and oxygen atoms in total. The third-order valence-electron chi connectivity index (χ3n) is 2.57. The second-order valence-corrected chi connectivity index (χ2v) is 3.73. The van der Waals surface area contributed by atoms with Crippen molar-refractivity contribution in [2.75, 3.05) is 13.2 Å². The lowest BCUT2D eigenvalue weighted by atomic mass is 9.85. The predicted molar refractivity (Wildman–Crippen MR) is 53.3 cm³/mol. The number of ether oxygens (including phenoxy) is 1. The first-order valence-electron chi connectivity index (χ1n) is 4.49. The van der Waals surface area contributed by atoms with Crippen molar-refractivity contribution in [1.29, 1.82) is 0 Å². The van der Waals surface area contributed by atoms with Gasteiger partial charge in [-0.15, -0.1) is 0 Å². The van der Waals surface area contributed by atoms with Crippen LogP contribution in [0.4, 0.5) is 0 Å². The van der Waals surface area contributed by atoms with E-state index in [2.05, 4.69) is 10.0 Å². The number of hydrogen-bond acceptors (Lipinski definition) is 2. The van der Waals surface area contributed by atoms with Gasteiger partial charge in [0.05, 0.1) is 6.61 Å². The number of rotatable bonds is 2. The van der Waals surface area contributed by atoms with E-state index in [1.165, 1.54) is 0 Å². The van der Waals surface area contributed by atoms with Gasteiger partial charge < -0.3 is 4.74 Å². The van der Waals surface area contributed by atoms with Crippen LogP contribution in [0.25, 0.3) is 10.4 Å². The fraction of sp³-hybridized carbons (Fsp3) is 0.400. The van der Waals surface area contributed by atoms with Gasteiger partial charge in [0.25, 0.3) is 0 Å². The number of para-hydroxylation sites is 1. The molecule has 0 saturated carbocycles. The molecule has 0 radical (unpaired) electrons. The Hall–Kier alpha value is -1.67. The Morgan fingerprint density at radius 3 is 3.14 bits per heavy atom. The van der Waals surface area contributed by atoms with Gasteiger partial charge in [-0.05, 0) is 11.6 Å². The zero-order valence-electron chi connectivity index (χ0n) is 7.97. The molecule has 0 aromatic heterocycles. The molecule has 0 bridgehead atoms. The lowest BCUT2D eigenvalue weighted by Gasteiger charge is -2.19. The lowest BCUT2D eigenvalue weighted by Crippen LogP contribution is -2.27. The third-order valence-corrected chi connectivity index (χ3v) is 2.57. The molecular weight excluding hydrogens is 178 g/mol. The molecule has 0 saturated heterocycles. The monoisotopic (exact) mass is 189 g/mol. The topological polar surface area (TPSA) is 58.0 Å². The summed E-state index contributed by atoms with van der Waals surface area (Å²) < 4.78 is 5.53. The molecule has 1 aliphatic heterocycles. The smallest absolute Gasteiger partial charge is 0.123 e. The van der Waals surface area contributed by atoms with Crippen molar-refractivity contribution in [3.63, 3.8) is 0 Å². The van der Waals surface area contributed by atoms with Crippen LogP contribution in [0.2, 0.25) is 0 Å². The molecule has 2 rings (SSSR count). The largest absolute Gasteiger partial charge is 0.492 e. The molecule has 1 aromatic rings. The van der Waals surface area contributed by atoms with Crippen molar-refractivity contribution >= 4 is 0 Å². The zero-order valence-corrected chi connectivity index (χ0v) is 7.97. The van der Waals surface area contributed by atoms with E-state index in [0.717, 1.165) is 11.3 Å². The predicted octanol–water partition coefficient (Wildman–Crippen LogP) is 2.65. The van der Waals surface area contributed by atoms with Crippen LogP contribution in [-0.2, 0) is 5.41 Å². The molecule has 14 heavy (non-hydrogen) atoms. The molecule has 0 N–H and O–H groups in total. The molecule has 1 aliphatic rings. The first-order valence-corrected chi connectivity index (χ1v) is 4.49. The Morgan fingerprint density at radius 2 is 2.36 bits per heavy atom. The van der Waals surface area contributed by atoms with Crippen LogP contribution in [0.3, 0.4) is 0 Å². The molecule has 1 aromatic carbocycles. The highest BCUT2D eigenvalue weighted by molar-refractivity contribution is 5.43. The van der Waals surface area contributed by atoms with E-state index in [1.807, 2.05) is 31.2 Å². The number of azide groups is 1. The fourth-order valence-electron chi connectivity index (χ4n) is 1.72. The number of hydrogen-bond donors (Lipinski definition) is 0. The van der Waals surface area contributed by atoms with Gasteiger partial charge in [0.15, 0.2) is 0 Å². The fourth-order valence-corrected chi connectivity index (χ4v) is 1.72. The molecule has 0 fully saturated rings. The van der Waals surface area contributed by atoms with Crippen LogP contribution in [0, 0.1) is 0 Å². The summed E-state index contributed by atoms with van der Waals surface area (Å²) in [5.74, 6) is 0.906. The van der Waals surface area contributed by atoms with Crippen molar-refractivity contribution in [3.05, 3.63) is 40.3 Å². The Bertz CT molecular complexity index is 398. The maximum absolute atomic E-state index is 8.31. The minimum atomic E-state index is -0.164. The van der Waals surface area contributed by atoms with E-state index in [-0.39, 0.29) is 5.41 Å². The van der Waals surface area contributed by atoms with Gasteiger partial charge in [0, 0.05) is 22.4 Å². The van der Waals surface area contributed by atoms with Crippen molar-refractivity contribution in [2.24, 2.45) is 5.11 Å². The third kappa shape index (κ3) is 1.30. The van der Waals surface area contributed by atoms with Gasteiger partial charge in [-0.25, -0.2) is 0 Å². The second kappa shape index (κ2) is 3.24. The second-order valence-electron chi connectivity index (χ2n) is 3.73. The molecule has 72 valence electrons. The summed E-state index contributed by atoms with van der Waals surface area (Å²) in [4.78, 5) is 2.79. The van der Waals surface area contributed by atoms with Gasteiger partial charge in [0.1, 0.15) is 5.75 Å². The normalized spacial score (nSPS) is 23.5. The van der Waals surface area contributed by atoms with E-state index in [0.29, 0.717) is 13.2 Å². The summed E-state index contributed by atoms with van der Waals surface area (Å²) in [6.07, 6.45) is 0. The highest BCUT2D eigenvalue weighted by Crippen LogP contribution is 2.38. The van der Waals surface area contributed by atoms with Crippen molar-refractivity contribution in [1.82, 2.24) is 0 Å². The molecular formula is C10H11N3O. The molecule has 0 spiro atoms. The highest BCUT2D eigenvalue weighted by atomic mass is 16.5. The van der Waals surface area contributed by atoms with Crippen LogP contribution in [0.1, 0.15) is 12.5 Å². The molecule has 4 heteroatoms. The molecule has 1 atom stereocenters. The van der Waals surface area contributed by atoms with E-state index in [9.17, 15) is 0 Å². The Morgan fingerprint density at radius 1 is 1.57 bits per heavy atom. The van der Waals surface area contributed by atoms with Gasteiger partial charge in [-0.1, -0.05) is 30.2 Å². The average Bonchev–Trinajstić information content (AvgIpc) is 2.55. The van der Waals surface area contributed by atoms with E-state index in [1.54, 1.807) is 0 Å². The SMILES string of the molecule is CC1(CN=[N+]=[N-])COc2ccccc21. The van der Waals surface area contributed by atoms with Gasteiger partial charge in [-0.2, -0.15) is 0 Å². The van der Waals surface area contributed by atoms with Crippen LogP contribution in [-0.4, -0.2) is 13.2 Å². The average molecular weight is 189 g/mol. The Labute approximate surface area is 82.1 Å². The van der Waals surface area contributed by atoms with Crippen molar-refractivity contribution in [2.45, 2.75) is 12.3 Å². The maximum Gasteiger partial charge on any atom is 0.123 e. The summed E-state index contributed by atoms with van der Waals surface area (Å²) in [5.41, 5.74) is 9.27. The van der Waals surface area contributed by atoms with Crippen LogP contribution in [0.5, 0.6) is 5.75 Å². The molecule has 1 unspecified atom stereocenters. The minimum absolute atomic E-state index is 0.164. The number of nitrogens with zero attached hydrogens (tertiary/aromatic N) is 3. The Balaban J connectivity index is 2.36. The molecule has 1 heterocycles. The van der Waals surface area contributed by atoms with Crippen LogP contribution < -0.4 is 4.74 Å². The van der Waals surface area contributed by atoms with Crippen molar-refractivity contribution in [3.8, 4) is 5.75 Å². The van der Waals surface area contributed by atoms with Gasteiger partial charge in [-0.3, -0.25) is 0 Å². The van der Waals surface area contributed by atoms with Crippen LogP contribution >= 0.6 is 0 Å². The van der Waals surface area contributed by atoms with E-state index < -0.39 is 0 Å². The number of fused-ring (bicyclic) bond motifs is 1. The number of benzene rings is 1. The summed E-state index contributed by atoms with van der Waals surface area (Å²) >= 11 is 0.